The van der Waals surface area contributed by atoms with Crippen molar-refractivity contribution in [2.45, 2.75) is 118 Å². The summed E-state index contributed by atoms with van der Waals surface area (Å²) in [6, 6.07) is 14.5. The summed E-state index contributed by atoms with van der Waals surface area (Å²) in [6.07, 6.45) is -3.88. The van der Waals surface area contributed by atoms with E-state index in [1.807, 2.05) is 88.4 Å². The number of amides is 4. The molecule has 2 aromatic carbocycles. The Balaban J connectivity index is 2.15. The van der Waals surface area contributed by atoms with E-state index in [1.165, 1.54) is 0 Å². The molecule has 0 unspecified atom stereocenters. The highest BCUT2D eigenvalue weighted by atomic mass is 16.6. The molecule has 0 aliphatic rings. The Morgan fingerprint density at radius 1 is 0.540 bits per heavy atom. The first kappa shape index (κ1) is 42.0. The topological polar surface area (TPSA) is 175 Å². The molecule has 2 rings (SSSR count). The van der Waals surface area contributed by atoms with E-state index < -0.39 is 60.4 Å². The van der Waals surface area contributed by atoms with Gasteiger partial charge in [-0.1, -0.05) is 116 Å². The Morgan fingerprint density at radius 2 is 0.860 bits per heavy atom. The Kier molecular flexibility index (Phi) is 17.8. The van der Waals surface area contributed by atoms with Crippen LogP contribution in [0.2, 0.25) is 0 Å². The first-order valence-electron chi connectivity index (χ1n) is 17.5. The molecule has 4 amide bonds. The molecule has 0 aliphatic carbocycles. The van der Waals surface area contributed by atoms with Crippen LogP contribution >= 0.6 is 0 Å². The standard InChI is InChI=1S/C38H58N4O8/c1-23(2)19-29(39-35(45)31(25(5)6)41-37(47)49-21-27-15-11-9-12-16-27)33(43)34(44)30(20-24(3)4)40-36(46)32(26(7)8)42-38(48)50-22-28-17-13-10-14-18-28/h9-18,23-26,29-34,43-44H,19-22H2,1-8H3,(H,39,45)(H,40,46)(H,41,47)(H,42,48)/t29-,30-,31-,32-,33-,34-/m0/s1. The average Bonchev–Trinajstić information content (AvgIpc) is 3.06. The molecule has 0 radical (unpaired) electrons. The zero-order chi connectivity index (χ0) is 37.4. The molecule has 50 heavy (non-hydrogen) atoms. The molecule has 12 nitrogen and oxygen atoms in total. The fourth-order valence-electron chi connectivity index (χ4n) is 5.46. The number of alkyl carbamates (subject to hydrolysis) is 2. The van der Waals surface area contributed by atoms with E-state index in [0.29, 0.717) is 12.8 Å². The van der Waals surface area contributed by atoms with Crippen LogP contribution in [0.25, 0.3) is 0 Å². The van der Waals surface area contributed by atoms with Crippen molar-refractivity contribution in [3.63, 3.8) is 0 Å². The van der Waals surface area contributed by atoms with Crippen molar-refractivity contribution in [1.82, 2.24) is 21.3 Å². The SMILES string of the molecule is CC(C)C[C@H](NC(=O)[C@@H](NC(=O)OCc1ccccc1)C(C)C)[C@H](O)[C@@H](O)[C@H](CC(C)C)NC(=O)[C@@H](NC(=O)OCc1ccccc1)C(C)C. The predicted octanol–water partition coefficient (Wildman–Crippen LogP) is 4.67. The molecular formula is C38H58N4O8. The van der Waals surface area contributed by atoms with Gasteiger partial charge in [0.2, 0.25) is 11.8 Å². The molecule has 278 valence electrons. The fourth-order valence-corrected chi connectivity index (χ4v) is 5.46. The number of benzene rings is 2. The third-order valence-corrected chi connectivity index (χ3v) is 8.15. The maximum atomic E-state index is 13.6. The van der Waals surface area contributed by atoms with Gasteiger partial charge in [0.05, 0.1) is 12.1 Å². The molecule has 2 aromatic rings. The van der Waals surface area contributed by atoms with Crippen molar-refractivity contribution < 1.29 is 38.9 Å². The minimum Gasteiger partial charge on any atom is -0.445 e. The van der Waals surface area contributed by atoms with Crippen molar-refractivity contribution in [2.24, 2.45) is 23.7 Å². The van der Waals surface area contributed by atoms with Crippen LogP contribution in [0.5, 0.6) is 0 Å². The zero-order valence-electron chi connectivity index (χ0n) is 30.7. The molecule has 0 heterocycles. The van der Waals surface area contributed by atoms with Crippen LogP contribution in [0.3, 0.4) is 0 Å². The summed E-state index contributed by atoms with van der Waals surface area (Å²) in [5.41, 5.74) is 1.59. The molecule has 0 saturated heterocycles. The second kappa shape index (κ2) is 21.1. The van der Waals surface area contributed by atoms with Gasteiger partial charge in [0.1, 0.15) is 37.5 Å². The van der Waals surface area contributed by atoms with Crippen LogP contribution in [-0.4, -0.2) is 70.6 Å². The maximum absolute atomic E-state index is 13.6. The number of rotatable bonds is 19. The van der Waals surface area contributed by atoms with Gasteiger partial charge in [0, 0.05) is 0 Å². The average molecular weight is 699 g/mol. The summed E-state index contributed by atoms with van der Waals surface area (Å²) in [5.74, 6) is -1.72. The summed E-state index contributed by atoms with van der Waals surface area (Å²) in [5, 5.41) is 34.0. The molecule has 6 atom stereocenters. The first-order chi connectivity index (χ1) is 23.6. The van der Waals surface area contributed by atoms with Crippen LogP contribution in [-0.2, 0) is 32.3 Å². The predicted molar refractivity (Wildman–Crippen MR) is 192 cm³/mol. The van der Waals surface area contributed by atoms with Crippen LogP contribution in [0, 0.1) is 23.7 Å². The summed E-state index contributed by atoms with van der Waals surface area (Å²) >= 11 is 0. The van der Waals surface area contributed by atoms with E-state index in [-0.39, 0.29) is 36.9 Å². The third kappa shape index (κ3) is 14.8. The van der Waals surface area contributed by atoms with Crippen LogP contribution in [0.15, 0.2) is 60.7 Å². The molecule has 0 saturated carbocycles. The number of carbonyl (C=O) groups excluding carboxylic acids is 4. The van der Waals surface area contributed by atoms with E-state index >= 15 is 0 Å². The Labute approximate surface area is 297 Å². The number of carbonyl (C=O) groups is 4. The second-order valence-corrected chi connectivity index (χ2v) is 14.3. The summed E-state index contributed by atoms with van der Waals surface area (Å²) < 4.78 is 10.6. The number of aliphatic hydroxyl groups excluding tert-OH is 2. The van der Waals surface area contributed by atoms with Crippen molar-refractivity contribution in [3.8, 4) is 0 Å². The number of ether oxygens (including phenoxy) is 2. The minimum absolute atomic E-state index is 0.0120. The number of hydrogen-bond donors (Lipinski definition) is 6. The largest absolute Gasteiger partial charge is 0.445 e. The molecular weight excluding hydrogens is 640 g/mol. The van der Waals surface area contributed by atoms with Crippen molar-refractivity contribution >= 4 is 24.0 Å². The fraction of sp³-hybridized carbons (Fsp3) is 0.579. The van der Waals surface area contributed by atoms with Crippen molar-refractivity contribution in [3.05, 3.63) is 71.8 Å². The van der Waals surface area contributed by atoms with Gasteiger partial charge in [-0.2, -0.15) is 0 Å². The Hall–Kier alpha value is -4.16. The van der Waals surface area contributed by atoms with E-state index in [4.69, 9.17) is 9.47 Å². The lowest BCUT2D eigenvalue weighted by Crippen LogP contribution is -2.61. The molecule has 0 fully saturated rings. The zero-order valence-corrected chi connectivity index (χ0v) is 30.7. The molecule has 12 heteroatoms. The quantitative estimate of drug-likeness (QED) is 0.123. The second-order valence-electron chi connectivity index (χ2n) is 14.3. The summed E-state index contributed by atoms with van der Waals surface area (Å²) in [6.45, 7) is 14.8. The lowest BCUT2D eigenvalue weighted by atomic mass is 9.88. The summed E-state index contributed by atoms with van der Waals surface area (Å²) in [7, 11) is 0. The number of nitrogens with one attached hydrogen (secondary N) is 4. The minimum atomic E-state index is -1.48. The highest BCUT2D eigenvalue weighted by Crippen LogP contribution is 2.19. The molecule has 6 N–H and O–H groups in total. The lowest BCUT2D eigenvalue weighted by Gasteiger charge is -2.36. The normalized spacial score (nSPS) is 15.1. The van der Waals surface area contributed by atoms with Gasteiger partial charge in [-0.25, -0.2) is 9.59 Å². The van der Waals surface area contributed by atoms with Gasteiger partial charge < -0.3 is 41.0 Å². The first-order valence-corrected chi connectivity index (χ1v) is 17.5. The maximum Gasteiger partial charge on any atom is 0.408 e. The molecule has 0 aliphatic heterocycles. The van der Waals surface area contributed by atoms with Gasteiger partial charge in [-0.3, -0.25) is 9.59 Å². The van der Waals surface area contributed by atoms with E-state index in [9.17, 15) is 29.4 Å². The molecule has 0 spiro atoms. The third-order valence-electron chi connectivity index (χ3n) is 8.15. The lowest BCUT2D eigenvalue weighted by molar-refractivity contribution is -0.129. The Morgan fingerprint density at radius 3 is 1.14 bits per heavy atom. The molecule has 0 bridgehead atoms. The molecule has 0 aromatic heterocycles. The van der Waals surface area contributed by atoms with E-state index in [1.54, 1.807) is 27.7 Å². The van der Waals surface area contributed by atoms with Crippen LogP contribution in [0.4, 0.5) is 9.59 Å². The van der Waals surface area contributed by atoms with Crippen molar-refractivity contribution in [1.29, 1.82) is 0 Å². The number of aliphatic hydroxyl groups is 2. The van der Waals surface area contributed by atoms with Gasteiger partial charge in [0.15, 0.2) is 0 Å². The van der Waals surface area contributed by atoms with Crippen LogP contribution < -0.4 is 21.3 Å². The highest BCUT2D eigenvalue weighted by molar-refractivity contribution is 5.87. The highest BCUT2D eigenvalue weighted by Gasteiger charge is 2.38. The van der Waals surface area contributed by atoms with Gasteiger partial charge in [0.25, 0.3) is 0 Å². The van der Waals surface area contributed by atoms with Gasteiger partial charge >= 0.3 is 12.2 Å². The smallest absolute Gasteiger partial charge is 0.408 e. The monoisotopic (exact) mass is 698 g/mol. The summed E-state index contributed by atoms with van der Waals surface area (Å²) in [4.78, 5) is 52.4. The van der Waals surface area contributed by atoms with E-state index in [2.05, 4.69) is 21.3 Å². The van der Waals surface area contributed by atoms with Gasteiger partial charge in [-0.05, 0) is 47.6 Å². The van der Waals surface area contributed by atoms with Gasteiger partial charge in [-0.15, -0.1) is 0 Å². The van der Waals surface area contributed by atoms with Crippen molar-refractivity contribution in [2.75, 3.05) is 0 Å². The van der Waals surface area contributed by atoms with E-state index in [0.717, 1.165) is 11.1 Å². The number of hydrogen-bond acceptors (Lipinski definition) is 8. The Bertz CT molecular complexity index is 1220. The van der Waals surface area contributed by atoms with Crippen LogP contribution in [0.1, 0.15) is 79.4 Å².